The Hall–Kier alpha value is -2.03. The number of carbonyl (C=O) groups excluding carboxylic acids is 1. The standard InChI is InChI=1S/C24H32N2O4S2/c1-18-9-12-26(13-10-18)24(27)22-16-21(7-8-23(22)30-3)32(28,29)25-11-14-31-17-20-6-4-5-19(2)15-20/h4-8,15-16,18,25H,9-14,17H2,1-3H3. The van der Waals surface area contributed by atoms with Gasteiger partial charge in [0, 0.05) is 31.1 Å². The van der Waals surface area contributed by atoms with Crippen LogP contribution in [0, 0.1) is 12.8 Å². The number of hydrogen-bond donors (Lipinski definition) is 1. The third kappa shape index (κ3) is 6.49. The molecular weight excluding hydrogens is 444 g/mol. The highest BCUT2D eigenvalue weighted by Gasteiger charge is 2.26. The molecule has 8 heteroatoms. The summed E-state index contributed by atoms with van der Waals surface area (Å²) in [5.41, 5.74) is 2.73. The summed E-state index contributed by atoms with van der Waals surface area (Å²) in [5, 5.41) is 0. The number of amides is 1. The molecule has 1 aliphatic rings. The number of likely N-dealkylation sites (tertiary alicyclic amines) is 1. The Balaban J connectivity index is 1.61. The summed E-state index contributed by atoms with van der Waals surface area (Å²) in [4.78, 5) is 14.9. The predicted octanol–water partition coefficient (Wildman–Crippen LogP) is 4.09. The summed E-state index contributed by atoms with van der Waals surface area (Å²) in [7, 11) is -2.23. The Morgan fingerprint density at radius 1 is 1.19 bits per heavy atom. The van der Waals surface area contributed by atoms with Crippen molar-refractivity contribution >= 4 is 27.7 Å². The lowest BCUT2D eigenvalue weighted by molar-refractivity contribution is 0.0693. The van der Waals surface area contributed by atoms with Crippen molar-refractivity contribution in [3.8, 4) is 5.75 Å². The first-order valence-corrected chi connectivity index (χ1v) is 13.5. The number of methoxy groups -OCH3 is 1. The second kappa shape index (κ2) is 11.2. The molecule has 0 bridgehead atoms. The molecule has 1 amide bonds. The number of sulfonamides is 1. The fourth-order valence-electron chi connectivity index (χ4n) is 3.73. The molecule has 2 aromatic carbocycles. The maximum Gasteiger partial charge on any atom is 0.257 e. The highest BCUT2D eigenvalue weighted by atomic mass is 32.2. The second-order valence-electron chi connectivity index (χ2n) is 8.28. The van der Waals surface area contributed by atoms with Gasteiger partial charge in [0.15, 0.2) is 0 Å². The van der Waals surface area contributed by atoms with E-state index in [1.165, 1.54) is 30.4 Å². The van der Waals surface area contributed by atoms with Gasteiger partial charge in [0.05, 0.1) is 17.6 Å². The first-order chi connectivity index (χ1) is 15.3. The minimum absolute atomic E-state index is 0.0794. The van der Waals surface area contributed by atoms with E-state index in [1.807, 2.05) is 6.07 Å². The van der Waals surface area contributed by atoms with Gasteiger partial charge in [0.1, 0.15) is 5.75 Å². The van der Waals surface area contributed by atoms with E-state index in [0.717, 1.165) is 18.6 Å². The van der Waals surface area contributed by atoms with Crippen molar-refractivity contribution in [1.29, 1.82) is 0 Å². The minimum Gasteiger partial charge on any atom is -0.496 e. The van der Waals surface area contributed by atoms with E-state index in [4.69, 9.17) is 4.74 Å². The van der Waals surface area contributed by atoms with Gasteiger partial charge in [-0.1, -0.05) is 36.8 Å². The fraction of sp³-hybridized carbons (Fsp3) is 0.458. The van der Waals surface area contributed by atoms with Crippen LogP contribution in [-0.2, 0) is 15.8 Å². The third-order valence-corrected chi connectivity index (χ3v) is 8.16. The average molecular weight is 477 g/mol. The molecule has 0 aromatic heterocycles. The van der Waals surface area contributed by atoms with E-state index in [-0.39, 0.29) is 10.8 Å². The maximum absolute atomic E-state index is 13.1. The van der Waals surface area contributed by atoms with Crippen LogP contribution in [0.1, 0.15) is 41.3 Å². The van der Waals surface area contributed by atoms with Crippen LogP contribution in [0.3, 0.4) is 0 Å². The number of aryl methyl sites for hydroxylation is 1. The van der Waals surface area contributed by atoms with Gasteiger partial charge < -0.3 is 9.64 Å². The van der Waals surface area contributed by atoms with Crippen molar-refractivity contribution in [2.45, 2.75) is 37.3 Å². The molecule has 32 heavy (non-hydrogen) atoms. The number of hydrogen-bond acceptors (Lipinski definition) is 5. The minimum atomic E-state index is -3.72. The summed E-state index contributed by atoms with van der Waals surface area (Å²) < 4.78 is 33.6. The van der Waals surface area contributed by atoms with Crippen LogP contribution in [0.5, 0.6) is 5.75 Å². The van der Waals surface area contributed by atoms with E-state index in [2.05, 4.69) is 36.8 Å². The van der Waals surface area contributed by atoms with Crippen molar-refractivity contribution in [3.63, 3.8) is 0 Å². The van der Waals surface area contributed by atoms with Crippen LogP contribution in [0.15, 0.2) is 47.4 Å². The van der Waals surface area contributed by atoms with Gasteiger partial charge in [-0.3, -0.25) is 4.79 Å². The number of ether oxygens (including phenoxy) is 1. The summed E-state index contributed by atoms with van der Waals surface area (Å²) >= 11 is 1.68. The third-order valence-electron chi connectivity index (χ3n) is 5.67. The Kier molecular flexibility index (Phi) is 8.62. The average Bonchev–Trinajstić information content (AvgIpc) is 2.78. The van der Waals surface area contributed by atoms with E-state index in [0.29, 0.717) is 42.6 Å². The van der Waals surface area contributed by atoms with E-state index >= 15 is 0 Å². The Bertz CT molecular complexity index is 1030. The van der Waals surface area contributed by atoms with Crippen LogP contribution in [0.4, 0.5) is 0 Å². The molecule has 0 unspecified atom stereocenters. The largest absolute Gasteiger partial charge is 0.496 e. The van der Waals surface area contributed by atoms with Crippen molar-refractivity contribution < 1.29 is 17.9 Å². The number of nitrogens with one attached hydrogen (secondary N) is 1. The van der Waals surface area contributed by atoms with Crippen LogP contribution < -0.4 is 9.46 Å². The molecule has 1 heterocycles. The summed E-state index contributed by atoms with van der Waals surface area (Å²) in [6, 6.07) is 12.8. The summed E-state index contributed by atoms with van der Waals surface area (Å²) in [5.74, 6) is 2.29. The number of benzene rings is 2. The van der Waals surface area contributed by atoms with Crippen molar-refractivity contribution in [2.75, 3.05) is 32.5 Å². The van der Waals surface area contributed by atoms with Crippen molar-refractivity contribution in [3.05, 3.63) is 59.2 Å². The lowest BCUT2D eigenvalue weighted by Crippen LogP contribution is -2.38. The SMILES string of the molecule is COc1ccc(S(=O)(=O)NCCSCc2cccc(C)c2)cc1C(=O)N1CCC(C)CC1. The zero-order valence-electron chi connectivity index (χ0n) is 19.0. The second-order valence-corrected chi connectivity index (χ2v) is 11.1. The molecule has 0 spiro atoms. The lowest BCUT2D eigenvalue weighted by Gasteiger charge is -2.30. The molecular formula is C24H32N2O4S2. The monoisotopic (exact) mass is 476 g/mol. The highest BCUT2D eigenvalue weighted by molar-refractivity contribution is 7.98. The lowest BCUT2D eigenvalue weighted by atomic mass is 9.98. The molecule has 0 atom stereocenters. The number of thioether (sulfide) groups is 1. The van der Waals surface area contributed by atoms with Gasteiger partial charge in [-0.15, -0.1) is 0 Å². The first-order valence-electron chi connectivity index (χ1n) is 10.9. The maximum atomic E-state index is 13.1. The van der Waals surface area contributed by atoms with E-state index in [9.17, 15) is 13.2 Å². The van der Waals surface area contributed by atoms with Gasteiger partial charge in [-0.25, -0.2) is 13.1 Å². The van der Waals surface area contributed by atoms with Gasteiger partial charge in [0.2, 0.25) is 10.0 Å². The smallest absolute Gasteiger partial charge is 0.257 e. The first kappa shape index (κ1) is 24.6. The van der Waals surface area contributed by atoms with Gasteiger partial charge in [-0.2, -0.15) is 11.8 Å². The Labute approximate surface area is 195 Å². The molecule has 0 saturated carbocycles. The van der Waals surface area contributed by atoms with Crippen LogP contribution >= 0.6 is 11.8 Å². The molecule has 2 aromatic rings. The van der Waals surface area contributed by atoms with Gasteiger partial charge in [0.25, 0.3) is 5.91 Å². The molecule has 3 rings (SSSR count). The quantitative estimate of drug-likeness (QED) is 0.552. The highest BCUT2D eigenvalue weighted by Crippen LogP contribution is 2.26. The normalized spacial score (nSPS) is 15.0. The van der Waals surface area contributed by atoms with Gasteiger partial charge >= 0.3 is 0 Å². The van der Waals surface area contributed by atoms with Gasteiger partial charge in [-0.05, 0) is 49.4 Å². The zero-order chi connectivity index (χ0) is 23.1. The number of piperidine rings is 1. The number of rotatable bonds is 9. The molecule has 1 N–H and O–H groups in total. The molecule has 0 aliphatic carbocycles. The molecule has 6 nitrogen and oxygen atoms in total. The zero-order valence-corrected chi connectivity index (χ0v) is 20.6. The Morgan fingerprint density at radius 3 is 2.62 bits per heavy atom. The summed E-state index contributed by atoms with van der Waals surface area (Å²) in [6.07, 6.45) is 1.90. The summed E-state index contributed by atoms with van der Waals surface area (Å²) in [6.45, 7) is 5.91. The van der Waals surface area contributed by atoms with E-state index in [1.54, 1.807) is 22.7 Å². The van der Waals surface area contributed by atoms with Crippen molar-refractivity contribution in [2.24, 2.45) is 5.92 Å². The Morgan fingerprint density at radius 2 is 1.94 bits per heavy atom. The van der Waals surface area contributed by atoms with Crippen LogP contribution in [0.2, 0.25) is 0 Å². The number of nitrogens with zero attached hydrogens (tertiary/aromatic N) is 1. The molecule has 1 saturated heterocycles. The predicted molar refractivity (Wildman–Crippen MR) is 130 cm³/mol. The van der Waals surface area contributed by atoms with E-state index < -0.39 is 10.0 Å². The number of carbonyl (C=O) groups is 1. The fourth-order valence-corrected chi connectivity index (χ4v) is 5.72. The topological polar surface area (TPSA) is 75.7 Å². The van der Waals surface area contributed by atoms with Crippen LogP contribution in [0.25, 0.3) is 0 Å². The molecule has 1 fully saturated rings. The van der Waals surface area contributed by atoms with Crippen LogP contribution in [-0.4, -0.2) is 51.7 Å². The molecule has 174 valence electrons. The molecule has 0 radical (unpaired) electrons. The van der Waals surface area contributed by atoms with Crippen molar-refractivity contribution in [1.82, 2.24) is 9.62 Å². The molecule has 1 aliphatic heterocycles.